The van der Waals surface area contributed by atoms with E-state index in [0.717, 1.165) is 24.3 Å². The van der Waals surface area contributed by atoms with E-state index in [0.29, 0.717) is 12.1 Å². The van der Waals surface area contributed by atoms with Crippen molar-refractivity contribution in [1.29, 1.82) is 0 Å². The van der Waals surface area contributed by atoms with Gasteiger partial charge in [0, 0.05) is 14.5 Å². The molecular formula is C15H6Br2F8O2S. The second-order valence-electron chi connectivity index (χ2n) is 5.36. The van der Waals surface area contributed by atoms with Gasteiger partial charge in [0.25, 0.3) is 9.84 Å². The van der Waals surface area contributed by atoms with Gasteiger partial charge in [0.15, 0.2) is 0 Å². The zero-order valence-electron chi connectivity index (χ0n) is 13.0. The van der Waals surface area contributed by atoms with Gasteiger partial charge in [0.1, 0.15) is 5.82 Å². The van der Waals surface area contributed by atoms with E-state index in [-0.39, 0.29) is 14.5 Å². The highest BCUT2D eigenvalue weighted by molar-refractivity contribution is 9.11. The van der Waals surface area contributed by atoms with Gasteiger partial charge in [-0.15, -0.1) is 0 Å². The van der Waals surface area contributed by atoms with Crippen molar-refractivity contribution in [1.82, 2.24) is 0 Å². The highest BCUT2D eigenvalue weighted by atomic mass is 79.9. The van der Waals surface area contributed by atoms with E-state index in [1.807, 2.05) is 0 Å². The highest BCUT2D eigenvalue weighted by Crippen LogP contribution is 2.52. The van der Waals surface area contributed by atoms with Crippen LogP contribution < -0.4 is 0 Å². The van der Waals surface area contributed by atoms with E-state index in [4.69, 9.17) is 0 Å². The Morgan fingerprint density at radius 3 is 1.93 bits per heavy atom. The molecule has 0 heterocycles. The van der Waals surface area contributed by atoms with Crippen molar-refractivity contribution in [2.75, 3.05) is 0 Å². The third-order valence-electron chi connectivity index (χ3n) is 3.48. The van der Waals surface area contributed by atoms with E-state index in [2.05, 4.69) is 31.9 Å². The van der Waals surface area contributed by atoms with Crippen LogP contribution >= 0.6 is 31.9 Å². The van der Waals surface area contributed by atoms with Crippen LogP contribution in [0.1, 0.15) is 0 Å². The molecule has 0 aliphatic rings. The molecule has 0 fully saturated rings. The first-order valence-corrected chi connectivity index (χ1v) is 9.93. The largest absolute Gasteiger partial charge is 0.461 e. The summed E-state index contributed by atoms with van der Waals surface area (Å²) < 4.78 is 130. The van der Waals surface area contributed by atoms with E-state index < -0.39 is 43.5 Å². The van der Waals surface area contributed by atoms with Crippen molar-refractivity contribution in [3.05, 3.63) is 51.2 Å². The molecule has 0 amide bonds. The molecule has 2 aromatic carbocycles. The lowest BCUT2D eigenvalue weighted by Crippen LogP contribution is -2.56. The summed E-state index contributed by atoms with van der Waals surface area (Å²) in [7, 11) is -6.60. The maximum Gasteiger partial charge on any atom is 0.461 e. The Morgan fingerprint density at radius 2 is 1.43 bits per heavy atom. The van der Waals surface area contributed by atoms with Gasteiger partial charge in [-0.25, -0.2) is 12.8 Å². The number of hydrogen-bond donors (Lipinski definition) is 0. The quantitative estimate of drug-likeness (QED) is 0.395. The molecule has 0 bridgehead atoms. The van der Waals surface area contributed by atoms with Gasteiger partial charge in [-0.2, -0.15) is 30.7 Å². The number of alkyl halides is 7. The first-order valence-electron chi connectivity index (χ1n) is 6.86. The van der Waals surface area contributed by atoms with Gasteiger partial charge >= 0.3 is 17.4 Å². The SMILES string of the molecule is O=S(=O)(c1cc(Br)cc(Br)c1-c1cccc(F)c1)C(F)(F)C(F)(F)C(F)(F)F. The van der Waals surface area contributed by atoms with Gasteiger partial charge in [-0.3, -0.25) is 0 Å². The lowest BCUT2D eigenvalue weighted by atomic mass is 10.1. The molecular weight excluding hydrogens is 556 g/mol. The lowest BCUT2D eigenvalue weighted by Gasteiger charge is -2.28. The Balaban J connectivity index is 2.87. The van der Waals surface area contributed by atoms with Crippen molar-refractivity contribution in [2.45, 2.75) is 22.2 Å². The van der Waals surface area contributed by atoms with Crippen LogP contribution in [0.5, 0.6) is 0 Å². The Kier molecular flexibility index (Phi) is 5.97. The molecule has 0 aliphatic carbocycles. The molecule has 0 spiro atoms. The first-order chi connectivity index (χ1) is 12.5. The summed E-state index contributed by atoms with van der Waals surface area (Å²) in [5.74, 6) is -7.81. The van der Waals surface area contributed by atoms with E-state index in [9.17, 15) is 43.5 Å². The molecule has 0 aromatic heterocycles. The number of rotatable bonds is 4. The van der Waals surface area contributed by atoms with Crippen LogP contribution in [-0.4, -0.2) is 25.8 Å². The summed E-state index contributed by atoms with van der Waals surface area (Å²) in [5.41, 5.74) is -1.05. The molecule has 13 heteroatoms. The molecule has 2 aromatic rings. The van der Waals surface area contributed by atoms with Crippen molar-refractivity contribution < 1.29 is 43.5 Å². The second kappa shape index (κ2) is 7.24. The zero-order chi connectivity index (χ0) is 21.7. The Hall–Kier alpha value is -1.21. The predicted molar refractivity (Wildman–Crippen MR) is 90.4 cm³/mol. The fourth-order valence-electron chi connectivity index (χ4n) is 2.16. The lowest BCUT2D eigenvalue weighted by molar-refractivity contribution is -0.332. The van der Waals surface area contributed by atoms with E-state index in [1.54, 1.807) is 0 Å². The Bertz CT molecular complexity index is 1020. The molecule has 0 saturated heterocycles. The van der Waals surface area contributed by atoms with Crippen LogP contribution in [-0.2, 0) is 9.84 Å². The highest BCUT2D eigenvalue weighted by Gasteiger charge is 2.78. The van der Waals surface area contributed by atoms with Crippen molar-refractivity contribution >= 4 is 41.7 Å². The molecule has 0 aliphatic heterocycles. The van der Waals surface area contributed by atoms with Crippen LogP contribution in [0.25, 0.3) is 11.1 Å². The summed E-state index contributed by atoms with van der Waals surface area (Å²) in [5, 5.41) is -6.54. The molecule has 2 rings (SSSR count). The van der Waals surface area contributed by atoms with Crippen molar-refractivity contribution in [2.24, 2.45) is 0 Å². The van der Waals surface area contributed by atoms with Crippen LogP contribution in [0, 0.1) is 5.82 Å². The third-order valence-corrected chi connectivity index (χ3v) is 6.40. The molecule has 28 heavy (non-hydrogen) atoms. The molecule has 0 atom stereocenters. The molecule has 154 valence electrons. The molecule has 0 unspecified atom stereocenters. The minimum Gasteiger partial charge on any atom is -0.217 e. The van der Waals surface area contributed by atoms with Gasteiger partial charge in [-0.05, 0) is 29.8 Å². The van der Waals surface area contributed by atoms with Gasteiger partial charge < -0.3 is 0 Å². The van der Waals surface area contributed by atoms with E-state index in [1.165, 1.54) is 0 Å². The predicted octanol–water partition coefficient (Wildman–Crippen LogP) is 6.58. The summed E-state index contributed by atoms with van der Waals surface area (Å²) in [6, 6.07) is 5.32. The average Bonchev–Trinajstić information content (AvgIpc) is 2.52. The fraction of sp³-hybridized carbons (Fsp3) is 0.200. The maximum atomic E-state index is 14.0. The van der Waals surface area contributed by atoms with Crippen LogP contribution in [0.3, 0.4) is 0 Å². The number of hydrogen-bond acceptors (Lipinski definition) is 2. The van der Waals surface area contributed by atoms with E-state index >= 15 is 0 Å². The van der Waals surface area contributed by atoms with Gasteiger partial charge in [-0.1, -0.05) is 44.0 Å². The van der Waals surface area contributed by atoms with Crippen LogP contribution in [0.2, 0.25) is 0 Å². The van der Waals surface area contributed by atoms with Crippen molar-refractivity contribution in [3.8, 4) is 11.1 Å². The minimum absolute atomic E-state index is 0.218. The summed E-state index contributed by atoms with van der Waals surface area (Å²) in [6.07, 6.45) is -6.84. The Morgan fingerprint density at radius 1 is 0.857 bits per heavy atom. The summed E-state index contributed by atoms with van der Waals surface area (Å²) in [6.45, 7) is 0. The minimum atomic E-state index is -6.88. The second-order valence-corrected chi connectivity index (χ2v) is 9.09. The topological polar surface area (TPSA) is 34.1 Å². The molecule has 0 N–H and O–H groups in total. The smallest absolute Gasteiger partial charge is 0.217 e. The van der Waals surface area contributed by atoms with Crippen LogP contribution in [0.15, 0.2) is 50.2 Å². The van der Waals surface area contributed by atoms with Gasteiger partial charge in [0.05, 0.1) is 4.90 Å². The normalized spacial score (nSPS) is 13.6. The standard InChI is InChI=1S/C15H6Br2F8O2S/c16-8-5-10(17)12(7-2-1-3-9(18)4-7)11(6-8)28(26,27)15(24,25)13(19,20)14(21,22)23/h1-6H. The Labute approximate surface area is 169 Å². The zero-order valence-corrected chi connectivity index (χ0v) is 17.0. The number of benzene rings is 2. The summed E-state index contributed by atoms with van der Waals surface area (Å²) in [4.78, 5) is -1.55. The molecule has 0 saturated carbocycles. The monoisotopic (exact) mass is 560 g/mol. The third kappa shape index (κ3) is 3.67. The fourth-order valence-corrected chi connectivity index (χ4v) is 5.40. The molecule has 2 nitrogen and oxygen atoms in total. The van der Waals surface area contributed by atoms with Crippen LogP contribution in [0.4, 0.5) is 35.1 Å². The number of sulfone groups is 1. The maximum absolute atomic E-state index is 14.0. The first kappa shape index (κ1) is 23.1. The summed E-state index contributed by atoms with van der Waals surface area (Å²) >= 11 is 5.60. The molecule has 0 radical (unpaired) electrons. The number of halogens is 10. The van der Waals surface area contributed by atoms with Crippen molar-refractivity contribution in [3.63, 3.8) is 0 Å². The average molecular weight is 562 g/mol. The van der Waals surface area contributed by atoms with Gasteiger partial charge in [0.2, 0.25) is 0 Å².